The van der Waals surface area contributed by atoms with Crippen molar-refractivity contribution in [2.75, 3.05) is 13.1 Å². The molecule has 3 N–H and O–H groups in total. The molecule has 0 aliphatic carbocycles. The molecular weight excluding hydrogens is 182 g/mol. The van der Waals surface area contributed by atoms with Crippen molar-refractivity contribution in [2.24, 2.45) is 5.73 Å². The molecular formula is C9H15N3O2. The summed E-state index contributed by atoms with van der Waals surface area (Å²) in [4.78, 5) is 24.6. The van der Waals surface area contributed by atoms with Gasteiger partial charge in [0.15, 0.2) is 0 Å². The summed E-state index contributed by atoms with van der Waals surface area (Å²) < 4.78 is 0. The maximum absolute atomic E-state index is 11.5. The molecule has 0 aromatic carbocycles. The van der Waals surface area contributed by atoms with Gasteiger partial charge in [-0.25, -0.2) is 0 Å². The van der Waals surface area contributed by atoms with Crippen LogP contribution in [0.5, 0.6) is 0 Å². The molecule has 2 unspecified atom stereocenters. The van der Waals surface area contributed by atoms with Gasteiger partial charge >= 0.3 is 0 Å². The van der Waals surface area contributed by atoms with Crippen molar-refractivity contribution < 1.29 is 9.59 Å². The molecule has 2 fully saturated rings. The van der Waals surface area contributed by atoms with Gasteiger partial charge in [0.1, 0.15) is 6.04 Å². The standard InChI is InChI=1S/C9H15N3O2/c10-6-4-8(13)12(5-6)7-2-1-3-11-9(7)14/h6-7H,1-5,10H2,(H,11,14). The number of nitrogens with two attached hydrogens (primary N) is 1. The number of likely N-dealkylation sites (tertiary alicyclic amines) is 1. The number of nitrogens with zero attached hydrogens (tertiary/aromatic N) is 1. The van der Waals surface area contributed by atoms with E-state index in [0.717, 1.165) is 19.4 Å². The van der Waals surface area contributed by atoms with Gasteiger partial charge in [0.25, 0.3) is 0 Å². The third-order valence-electron chi connectivity index (χ3n) is 2.82. The molecule has 2 amide bonds. The number of carbonyl (C=O) groups is 2. The zero-order chi connectivity index (χ0) is 10.1. The topological polar surface area (TPSA) is 75.4 Å². The van der Waals surface area contributed by atoms with Crippen LogP contribution in [0, 0.1) is 0 Å². The highest BCUT2D eigenvalue weighted by Crippen LogP contribution is 2.18. The maximum atomic E-state index is 11.5. The Balaban J connectivity index is 2.06. The average Bonchev–Trinajstić information content (AvgIpc) is 2.46. The lowest BCUT2D eigenvalue weighted by atomic mass is 10.1. The van der Waals surface area contributed by atoms with Crippen molar-refractivity contribution >= 4 is 11.8 Å². The number of nitrogens with one attached hydrogen (secondary N) is 1. The predicted molar refractivity (Wildman–Crippen MR) is 50.3 cm³/mol. The first kappa shape index (κ1) is 9.45. The van der Waals surface area contributed by atoms with Gasteiger partial charge in [-0.3, -0.25) is 9.59 Å². The molecule has 0 radical (unpaired) electrons. The van der Waals surface area contributed by atoms with Crippen LogP contribution < -0.4 is 11.1 Å². The van der Waals surface area contributed by atoms with Gasteiger partial charge in [-0.2, -0.15) is 0 Å². The van der Waals surface area contributed by atoms with E-state index in [0.29, 0.717) is 13.0 Å². The fourth-order valence-electron chi connectivity index (χ4n) is 2.11. The zero-order valence-electron chi connectivity index (χ0n) is 8.03. The van der Waals surface area contributed by atoms with Crippen LogP contribution in [0.2, 0.25) is 0 Å². The zero-order valence-corrected chi connectivity index (χ0v) is 8.03. The molecule has 2 saturated heterocycles. The first-order valence-electron chi connectivity index (χ1n) is 5.01. The second kappa shape index (κ2) is 3.57. The Morgan fingerprint density at radius 3 is 2.79 bits per heavy atom. The van der Waals surface area contributed by atoms with E-state index < -0.39 is 0 Å². The minimum absolute atomic E-state index is 0.0135. The van der Waals surface area contributed by atoms with Gasteiger partial charge in [-0.05, 0) is 12.8 Å². The number of piperidine rings is 1. The van der Waals surface area contributed by atoms with E-state index in [1.165, 1.54) is 0 Å². The van der Waals surface area contributed by atoms with Crippen LogP contribution in [0.3, 0.4) is 0 Å². The third kappa shape index (κ3) is 1.59. The van der Waals surface area contributed by atoms with Crippen molar-refractivity contribution in [2.45, 2.75) is 31.3 Å². The first-order valence-corrected chi connectivity index (χ1v) is 5.01. The van der Waals surface area contributed by atoms with Crippen molar-refractivity contribution in [3.05, 3.63) is 0 Å². The highest BCUT2D eigenvalue weighted by molar-refractivity contribution is 5.89. The Labute approximate surface area is 82.6 Å². The lowest BCUT2D eigenvalue weighted by molar-refractivity contribution is -0.138. The summed E-state index contributed by atoms with van der Waals surface area (Å²) >= 11 is 0. The molecule has 5 nitrogen and oxygen atoms in total. The molecule has 78 valence electrons. The van der Waals surface area contributed by atoms with E-state index in [4.69, 9.17) is 5.73 Å². The van der Waals surface area contributed by atoms with E-state index in [2.05, 4.69) is 5.32 Å². The molecule has 0 bridgehead atoms. The lowest BCUT2D eigenvalue weighted by Gasteiger charge is -2.30. The molecule has 0 saturated carbocycles. The Morgan fingerprint density at radius 2 is 2.21 bits per heavy atom. The molecule has 14 heavy (non-hydrogen) atoms. The highest BCUT2D eigenvalue weighted by Gasteiger charge is 2.36. The Hall–Kier alpha value is -1.10. The van der Waals surface area contributed by atoms with Gasteiger partial charge < -0.3 is 16.0 Å². The fourth-order valence-corrected chi connectivity index (χ4v) is 2.11. The van der Waals surface area contributed by atoms with Crippen molar-refractivity contribution in [3.8, 4) is 0 Å². The number of hydrogen-bond donors (Lipinski definition) is 2. The lowest BCUT2D eigenvalue weighted by Crippen LogP contribution is -2.51. The minimum Gasteiger partial charge on any atom is -0.354 e. The van der Waals surface area contributed by atoms with Gasteiger partial charge in [0.05, 0.1) is 0 Å². The van der Waals surface area contributed by atoms with E-state index in [1.54, 1.807) is 4.90 Å². The van der Waals surface area contributed by atoms with Crippen molar-refractivity contribution in [1.29, 1.82) is 0 Å². The summed E-state index contributed by atoms with van der Waals surface area (Å²) in [6.45, 7) is 1.25. The van der Waals surface area contributed by atoms with Crippen LogP contribution in [0.15, 0.2) is 0 Å². The second-order valence-electron chi connectivity index (χ2n) is 3.96. The van der Waals surface area contributed by atoms with Crippen LogP contribution >= 0.6 is 0 Å². The molecule has 0 spiro atoms. The van der Waals surface area contributed by atoms with Gasteiger partial charge in [-0.15, -0.1) is 0 Å². The minimum atomic E-state index is -0.273. The van der Waals surface area contributed by atoms with Crippen LogP contribution in [-0.4, -0.2) is 41.9 Å². The summed E-state index contributed by atoms with van der Waals surface area (Å²) in [5, 5.41) is 2.77. The van der Waals surface area contributed by atoms with Crippen LogP contribution in [0.4, 0.5) is 0 Å². The van der Waals surface area contributed by atoms with Gasteiger partial charge in [0.2, 0.25) is 11.8 Å². The predicted octanol–water partition coefficient (Wildman–Crippen LogP) is -1.18. The summed E-state index contributed by atoms with van der Waals surface area (Å²) in [6.07, 6.45) is 2.09. The largest absolute Gasteiger partial charge is 0.354 e. The summed E-state index contributed by atoms with van der Waals surface area (Å²) in [5.74, 6) is -0.0155. The van der Waals surface area contributed by atoms with E-state index >= 15 is 0 Å². The fraction of sp³-hybridized carbons (Fsp3) is 0.778. The van der Waals surface area contributed by atoms with E-state index in [9.17, 15) is 9.59 Å². The SMILES string of the molecule is NC1CC(=O)N(C2CCCNC2=O)C1. The molecule has 5 heteroatoms. The molecule has 2 atom stereocenters. The third-order valence-corrected chi connectivity index (χ3v) is 2.82. The Kier molecular flexibility index (Phi) is 2.41. The summed E-state index contributed by atoms with van der Waals surface area (Å²) in [5.41, 5.74) is 5.67. The number of hydrogen-bond acceptors (Lipinski definition) is 3. The maximum Gasteiger partial charge on any atom is 0.242 e. The number of rotatable bonds is 1. The molecule has 0 aromatic heterocycles. The molecule has 2 rings (SSSR count). The smallest absolute Gasteiger partial charge is 0.242 e. The summed E-state index contributed by atoms with van der Waals surface area (Å²) in [6, 6.07) is -0.373. The van der Waals surface area contributed by atoms with Crippen LogP contribution in [0.1, 0.15) is 19.3 Å². The molecule has 0 aromatic rings. The highest BCUT2D eigenvalue weighted by atomic mass is 16.2. The van der Waals surface area contributed by atoms with E-state index in [-0.39, 0.29) is 23.9 Å². The van der Waals surface area contributed by atoms with Crippen LogP contribution in [0.25, 0.3) is 0 Å². The van der Waals surface area contributed by atoms with Crippen molar-refractivity contribution in [1.82, 2.24) is 10.2 Å². The number of carbonyl (C=O) groups excluding carboxylic acids is 2. The molecule has 2 aliphatic heterocycles. The average molecular weight is 197 g/mol. The van der Waals surface area contributed by atoms with Crippen molar-refractivity contribution in [3.63, 3.8) is 0 Å². The normalized spacial score (nSPS) is 33.4. The molecule has 2 aliphatic rings. The monoisotopic (exact) mass is 197 g/mol. The Morgan fingerprint density at radius 1 is 1.43 bits per heavy atom. The van der Waals surface area contributed by atoms with Gasteiger partial charge in [-0.1, -0.05) is 0 Å². The van der Waals surface area contributed by atoms with E-state index in [1.807, 2.05) is 0 Å². The summed E-state index contributed by atoms with van der Waals surface area (Å²) in [7, 11) is 0. The number of amides is 2. The molecule has 2 heterocycles. The first-order chi connectivity index (χ1) is 6.68. The quantitative estimate of drug-likeness (QED) is 0.556. The van der Waals surface area contributed by atoms with Gasteiger partial charge in [0, 0.05) is 25.6 Å². The second-order valence-corrected chi connectivity index (χ2v) is 3.96. The Bertz CT molecular complexity index is 259. The van der Waals surface area contributed by atoms with Crippen LogP contribution in [-0.2, 0) is 9.59 Å².